The molecule has 2 rings (SSSR count). The van der Waals surface area contributed by atoms with Gasteiger partial charge < -0.3 is 9.47 Å². The molecule has 0 spiro atoms. The molecule has 0 aliphatic heterocycles. The summed E-state index contributed by atoms with van der Waals surface area (Å²) in [7, 11) is 0. The second-order valence-corrected chi connectivity index (χ2v) is 9.29. The first kappa shape index (κ1) is 22.7. The summed E-state index contributed by atoms with van der Waals surface area (Å²) in [6.45, 7) is 16.0. The monoisotopic (exact) mass is 390 g/mol. The highest BCUT2D eigenvalue weighted by Crippen LogP contribution is 2.59. The number of carbonyl (C=O) groups excluding carboxylic acids is 2. The molecule has 0 aromatic carbocycles. The minimum atomic E-state index is -0.651. The molecule has 2 aliphatic rings. The van der Waals surface area contributed by atoms with Gasteiger partial charge in [-0.05, 0) is 69.6 Å². The Morgan fingerprint density at radius 2 is 1.21 bits per heavy atom. The van der Waals surface area contributed by atoms with Crippen molar-refractivity contribution in [1.82, 2.24) is 0 Å². The molecule has 4 heteroatoms. The van der Waals surface area contributed by atoms with Gasteiger partial charge in [-0.3, -0.25) is 0 Å². The molecule has 0 aromatic heterocycles. The van der Waals surface area contributed by atoms with Crippen LogP contribution in [-0.4, -0.2) is 23.1 Å². The number of hydrogen-bond acceptors (Lipinski definition) is 4. The highest BCUT2D eigenvalue weighted by atomic mass is 16.6. The summed E-state index contributed by atoms with van der Waals surface area (Å²) < 4.78 is 12.4. The summed E-state index contributed by atoms with van der Waals surface area (Å²) in [5.74, 6) is 0.441. The lowest BCUT2D eigenvalue weighted by atomic mass is 9.52. The molecule has 0 amide bonds. The number of rotatable bonds is 7. The Labute approximate surface area is 170 Å². The van der Waals surface area contributed by atoms with Gasteiger partial charge in [-0.1, -0.05) is 40.9 Å². The standard InChI is InChI=1S/C24H38O4/c1-7-20(25)27-23(14-10-18(4)11-15-23)22(6,9-3)24(28-21(26)8-2)16-12-19(5)13-17-24/h7-8,18-19H,1-2,9-17H2,3-6H3. The molecular formula is C24H38O4. The molecule has 2 saturated carbocycles. The molecule has 0 unspecified atom stereocenters. The Kier molecular flexibility index (Phi) is 7.17. The Hall–Kier alpha value is -1.58. The quantitative estimate of drug-likeness (QED) is 0.410. The van der Waals surface area contributed by atoms with Gasteiger partial charge in [0.25, 0.3) is 0 Å². The largest absolute Gasteiger partial charge is 0.455 e. The van der Waals surface area contributed by atoms with E-state index < -0.39 is 16.6 Å². The van der Waals surface area contributed by atoms with Crippen LogP contribution < -0.4 is 0 Å². The van der Waals surface area contributed by atoms with E-state index in [1.54, 1.807) is 0 Å². The molecule has 2 aliphatic carbocycles. The van der Waals surface area contributed by atoms with Gasteiger partial charge in [0.15, 0.2) is 0 Å². The number of carbonyl (C=O) groups is 2. The lowest BCUT2D eigenvalue weighted by Gasteiger charge is -2.60. The average Bonchev–Trinajstić information content (AvgIpc) is 2.70. The lowest BCUT2D eigenvalue weighted by Crippen LogP contribution is -2.65. The normalized spacial score (nSPS) is 35.3. The Morgan fingerprint density at radius 1 is 0.893 bits per heavy atom. The van der Waals surface area contributed by atoms with Gasteiger partial charge in [0, 0.05) is 17.6 Å². The van der Waals surface area contributed by atoms with E-state index in [9.17, 15) is 9.59 Å². The zero-order valence-electron chi connectivity index (χ0n) is 18.2. The van der Waals surface area contributed by atoms with Crippen LogP contribution in [0.4, 0.5) is 0 Å². The SMILES string of the molecule is C=CC(=O)OC1(C(C)(CC)C2(OC(=O)C=C)CCC(C)CC2)CCC(C)CC1. The molecule has 0 saturated heterocycles. The number of hydrogen-bond donors (Lipinski definition) is 0. The summed E-state index contributed by atoms with van der Waals surface area (Å²) in [5.41, 5.74) is -1.78. The van der Waals surface area contributed by atoms with Gasteiger partial charge in [-0.2, -0.15) is 0 Å². The summed E-state index contributed by atoms with van der Waals surface area (Å²) >= 11 is 0. The van der Waals surface area contributed by atoms with Crippen molar-refractivity contribution in [2.24, 2.45) is 17.3 Å². The van der Waals surface area contributed by atoms with Gasteiger partial charge in [-0.25, -0.2) is 9.59 Å². The maximum Gasteiger partial charge on any atom is 0.330 e. The summed E-state index contributed by atoms with van der Waals surface area (Å²) in [5, 5.41) is 0. The zero-order chi connectivity index (χ0) is 21.0. The van der Waals surface area contributed by atoms with Gasteiger partial charge in [0.2, 0.25) is 0 Å². The maximum atomic E-state index is 12.4. The van der Waals surface area contributed by atoms with Gasteiger partial charge in [-0.15, -0.1) is 0 Å². The number of ether oxygens (including phenoxy) is 2. The van der Waals surface area contributed by atoms with E-state index >= 15 is 0 Å². The second-order valence-electron chi connectivity index (χ2n) is 9.29. The third-order valence-corrected chi connectivity index (χ3v) is 7.81. The fraction of sp³-hybridized carbons (Fsp3) is 0.750. The third kappa shape index (κ3) is 4.06. The van der Waals surface area contributed by atoms with Crippen molar-refractivity contribution in [2.45, 2.75) is 96.7 Å². The predicted molar refractivity (Wildman–Crippen MR) is 112 cm³/mol. The summed E-state index contributed by atoms with van der Waals surface area (Å²) in [4.78, 5) is 24.8. The van der Waals surface area contributed by atoms with Crippen molar-refractivity contribution in [1.29, 1.82) is 0 Å². The minimum absolute atomic E-state index is 0.386. The molecule has 0 bridgehead atoms. The van der Waals surface area contributed by atoms with Crippen LogP contribution in [0.3, 0.4) is 0 Å². The molecule has 158 valence electrons. The van der Waals surface area contributed by atoms with E-state index in [2.05, 4.69) is 40.9 Å². The molecule has 2 fully saturated rings. The first-order chi connectivity index (χ1) is 13.2. The molecule has 0 heterocycles. The van der Waals surface area contributed by atoms with Crippen molar-refractivity contribution in [2.75, 3.05) is 0 Å². The zero-order valence-corrected chi connectivity index (χ0v) is 18.2. The Bertz CT molecular complexity index is 542. The molecule has 0 atom stereocenters. The van der Waals surface area contributed by atoms with Crippen molar-refractivity contribution in [3.63, 3.8) is 0 Å². The van der Waals surface area contributed by atoms with E-state index in [1.807, 2.05) is 0 Å². The fourth-order valence-corrected chi connectivity index (χ4v) is 5.52. The summed E-state index contributed by atoms with van der Waals surface area (Å²) in [6, 6.07) is 0. The lowest BCUT2D eigenvalue weighted by molar-refractivity contribution is -0.241. The van der Waals surface area contributed by atoms with Gasteiger partial charge in [0.1, 0.15) is 11.2 Å². The van der Waals surface area contributed by atoms with E-state index in [4.69, 9.17) is 9.47 Å². The smallest absolute Gasteiger partial charge is 0.330 e. The van der Waals surface area contributed by atoms with Crippen LogP contribution in [0.5, 0.6) is 0 Å². The second kappa shape index (κ2) is 8.84. The molecule has 0 aromatic rings. The van der Waals surface area contributed by atoms with Crippen molar-refractivity contribution in [3.05, 3.63) is 25.3 Å². The Balaban J connectivity index is 2.55. The molecule has 0 N–H and O–H groups in total. The van der Waals surface area contributed by atoms with Crippen LogP contribution >= 0.6 is 0 Å². The van der Waals surface area contributed by atoms with E-state index in [0.717, 1.165) is 57.8 Å². The van der Waals surface area contributed by atoms with Crippen molar-refractivity contribution >= 4 is 11.9 Å². The maximum absolute atomic E-state index is 12.4. The first-order valence-electron chi connectivity index (χ1n) is 10.9. The topological polar surface area (TPSA) is 52.6 Å². The first-order valence-corrected chi connectivity index (χ1v) is 10.9. The van der Waals surface area contributed by atoms with Crippen LogP contribution in [0.1, 0.15) is 85.5 Å². The van der Waals surface area contributed by atoms with Crippen molar-refractivity contribution in [3.8, 4) is 0 Å². The Morgan fingerprint density at radius 3 is 1.46 bits per heavy atom. The van der Waals surface area contributed by atoms with Crippen LogP contribution in [0.15, 0.2) is 25.3 Å². The highest BCUT2D eigenvalue weighted by molar-refractivity contribution is 5.82. The minimum Gasteiger partial charge on any atom is -0.455 e. The van der Waals surface area contributed by atoms with E-state index in [0.29, 0.717) is 11.8 Å². The van der Waals surface area contributed by atoms with Crippen LogP contribution in [0.2, 0.25) is 0 Å². The number of esters is 2. The average molecular weight is 391 g/mol. The van der Waals surface area contributed by atoms with Crippen LogP contribution in [0, 0.1) is 17.3 Å². The predicted octanol–water partition coefficient (Wildman–Crippen LogP) is 5.76. The third-order valence-electron chi connectivity index (χ3n) is 7.81. The molecular weight excluding hydrogens is 352 g/mol. The summed E-state index contributed by atoms with van der Waals surface area (Å²) in [6.07, 6.45) is 10.4. The fourth-order valence-electron chi connectivity index (χ4n) is 5.52. The highest BCUT2D eigenvalue weighted by Gasteiger charge is 2.63. The van der Waals surface area contributed by atoms with E-state index in [1.165, 1.54) is 12.2 Å². The van der Waals surface area contributed by atoms with Crippen molar-refractivity contribution < 1.29 is 19.1 Å². The molecule has 0 radical (unpaired) electrons. The van der Waals surface area contributed by atoms with Crippen LogP contribution in [-0.2, 0) is 19.1 Å². The molecule has 28 heavy (non-hydrogen) atoms. The van der Waals surface area contributed by atoms with Gasteiger partial charge >= 0.3 is 11.9 Å². The molecule has 4 nitrogen and oxygen atoms in total. The van der Waals surface area contributed by atoms with Crippen LogP contribution in [0.25, 0.3) is 0 Å². The van der Waals surface area contributed by atoms with Gasteiger partial charge in [0.05, 0.1) is 0 Å². The van der Waals surface area contributed by atoms with E-state index in [-0.39, 0.29) is 11.9 Å².